The van der Waals surface area contributed by atoms with Gasteiger partial charge in [-0.3, -0.25) is 19.5 Å². The molecular weight excluding hydrogens is 400 g/mol. The first-order valence-electron chi connectivity index (χ1n) is 8.34. The predicted molar refractivity (Wildman–Crippen MR) is 108 cm³/mol. The second-order valence-electron chi connectivity index (χ2n) is 5.73. The molecule has 1 aromatic heterocycles. The lowest BCUT2D eigenvalue weighted by atomic mass is 10.0. The summed E-state index contributed by atoms with van der Waals surface area (Å²) in [5.74, 6) is -0.660. The standard InChI is InChI=1S/C19H18N4O5.ClH/c1-27-19(26)22-18-21-14-9-13(17(25)12-5-3-2-4-6-12)7-8-15(14)23(18)11-28-16(24)10-20;/h2-9H,10-11,20H2,1H3,(H,21,22,26);1H. The van der Waals surface area contributed by atoms with Gasteiger partial charge in [0, 0.05) is 11.1 Å². The Kier molecular flexibility index (Phi) is 7.29. The van der Waals surface area contributed by atoms with E-state index in [1.165, 1.54) is 11.7 Å². The number of carbonyl (C=O) groups is 3. The van der Waals surface area contributed by atoms with Crippen LogP contribution in [0.4, 0.5) is 10.7 Å². The zero-order valence-electron chi connectivity index (χ0n) is 15.5. The van der Waals surface area contributed by atoms with Crippen molar-refractivity contribution in [2.75, 3.05) is 19.0 Å². The normalized spacial score (nSPS) is 10.1. The topological polar surface area (TPSA) is 126 Å². The van der Waals surface area contributed by atoms with Gasteiger partial charge in [-0.25, -0.2) is 9.78 Å². The lowest BCUT2D eigenvalue weighted by molar-refractivity contribution is -0.145. The van der Waals surface area contributed by atoms with Gasteiger partial charge in [0.1, 0.15) is 0 Å². The highest BCUT2D eigenvalue weighted by molar-refractivity contribution is 6.10. The highest BCUT2D eigenvalue weighted by Gasteiger charge is 2.17. The zero-order chi connectivity index (χ0) is 20.1. The average molecular weight is 419 g/mol. The van der Waals surface area contributed by atoms with Crippen LogP contribution in [0.5, 0.6) is 0 Å². The maximum Gasteiger partial charge on any atom is 0.413 e. The summed E-state index contributed by atoms with van der Waals surface area (Å²) in [5.41, 5.74) is 7.23. The van der Waals surface area contributed by atoms with Gasteiger partial charge in [0.15, 0.2) is 12.5 Å². The smallest absolute Gasteiger partial charge is 0.413 e. The van der Waals surface area contributed by atoms with E-state index in [1.807, 2.05) is 6.07 Å². The quantitative estimate of drug-likeness (QED) is 0.464. The van der Waals surface area contributed by atoms with Gasteiger partial charge in [-0.1, -0.05) is 30.3 Å². The minimum atomic E-state index is -0.734. The van der Waals surface area contributed by atoms with Gasteiger partial charge in [-0.2, -0.15) is 0 Å². The van der Waals surface area contributed by atoms with Crippen molar-refractivity contribution in [1.29, 1.82) is 0 Å². The molecule has 0 unspecified atom stereocenters. The molecule has 1 amide bonds. The molecule has 0 saturated heterocycles. The second-order valence-corrected chi connectivity index (χ2v) is 5.73. The van der Waals surface area contributed by atoms with Crippen LogP contribution in [-0.2, 0) is 21.0 Å². The number of halogens is 1. The third-order valence-corrected chi connectivity index (χ3v) is 3.97. The molecule has 1 heterocycles. The van der Waals surface area contributed by atoms with E-state index in [0.29, 0.717) is 22.2 Å². The molecule has 0 aliphatic rings. The summed E-state index contributed by atoms with van der Waals surface area (Å²) in [5, 5.41) is 2.45. The van der Waals surface area contributed by atoms with Gasteiger partial charge in [0.25, 0.3) is 0 Å². The largest absolute Gasteiger partial charge is 0.453 e. The Labute approximate surface area is 172 Å². The van der Waals surface area contributed by atoms with Gasteiger partial charge < -0.3 is 15.2 Å². The first-order chi connectivity index (χ1) is 13.5. The number of methoxy groups -OCH3 is 1. The molecule has 0 spiro atoms. The molecule has 2 aromatic carbocycles. The van der Waals surface area contributed by atoms with Crippen molar-refractivity contribution >= 4 is 47.2 Å². The molecule has 0 fully saturated rings. The molecule has 29 heavy (non-hydrogen) atoms. The Morgan fingerprint density at radius 1 is 1.10 bits per heavy atom. The summed E-state index contributed by atoms with van der Waals surface area (Å²) < 4.78 is 11.1. The van der Waals surface area contributed by atoms with Crippen molar-refractivity contribution in [3.8, 4) is 0 Å². The number of amides is 1. The number of imidazole rings is 1. The van der Waals surface area contributed by atoms with Crippen molar-refractivity contribution in [3.05, 3.63) is 59.7 Å². The van der Waals surface area contributed by atoms with Crippen LogP contribution in [0.1, 0.15) is 15.9 Å². The van der Waals surface area contributed by atoms with Crippen LogP contribution in [0.25, 0.3) is 11.0 Å². The predicted octanol–water partition coefficient (Wildman–Crippen LogP) is 2.33. The molecule has 10 heteroatoms. The molecule has 3 N–H and O–H groups in total. The Hall–Kier alpha value is -3.43. The number of nitrogens with two attached hydrogens (primary N) is 1. The van der Waals surface area contributed by atoms with E-state index in [2.05, 4.69) is 15.0 Å². The summed E-state index contributed by atoms with van der Waals surface area (Å²) in [4.78, 5) is 40.0. The van der Waals surface area contributed by atoms with Gasteiger partial charge in [0.05, 0.1) is 24.7 Å². The van der Waals surface area contributed by atoms with E-state index in [0.717, 1.165) is 0 Å². The fourth-order valence-corrected chi connectivity index (χ4v) is 2.59. The van der Waals surface area contributed by atoms with E-state index in [1.54, 1.807) is 42.5 Å². The molecule has 152 valence electrons. The van der Waals surface area contributed by atoms with E-state index >= 15 is 0 Å². The summed E-state index contributed by atoms with van der Waals surface area (Å²) in [6.07, 6.45) is -0.734. The van der Waals surface area contributed by atoms with E-state index in [9.17, 15) is 14.4 Å². The summed E-state index contributed by atoms with van der Waals surface area (Å²) >= 11 is 0. The molecule has 0 aliphatic heterocycles. The monoisotopic (exact) mass is 418 g/mol. The van der Waals surface area contributed by atoms with Crippen molar-refractivity contribution in [2.45, 2.75) is 6.73 Å². The molecule has 0 atom stereocenters. The zero-order valence-corrected chi connectivity index (χ0v) is 16.3. The maximum atomic E-state index is 12.7. The van der Waals surface area contributed by atoms with Gasteiger partial charge in [0.2, 0.25) is 5.95 Å². The van der Waals surface area contributed by atoms with Crippen molar-refractivity contribution in [1.82, 2.24) is 9.55 Å². The maximum absolute atomic E-state index is 12.7. The summed E-state index contributed by atoms with van der Waals surface area (Å²) in [7, 11) is 1.22. The Morgan fingerprint density at radius 3 is 2.48 bits per heavy atom. The molecule has 9 nitrogen and oxygen atoms in total. The Balaban J connectivity index is 0.00000300. The third-order valence-electron chi connectivity index (χ3n) is 3.97. The second kappa shape index (κ2) is 9.67. The molecule has 0 bridgehead atoms. The van der Waals surface area contributed by atoms with Gasteiger partial charge >= 0.3 is 12.1 Å². The van der Waals surface area contributed by atoms with Crippen molar-refractivity contribution in [3.63, 3.8) is 0 Å². The highest BCUT2D eigenvalue weighted by atomic mass is 35.5. The van der Waals surface area contributed by atoms with Crippen LogP contribution >= 0.6 is 12.4 Å². The van der Waals surface area contributed by atoms with E-state index in [-0.39, 0.29) is 37.4 Å². The molecule has 3 rings (SSSR count). The highest BCUT2D eigenvalue weighted by Crippen LogP contribution is 2.23. The Bertz CT molecular complexity index is 1040. The van der Waals surface area contributed by atoms with E-state index < -0.39 is 12.1 Å². The number of carbonyl (C=O) groups excluding carboxylic acids is 3. The number of nitrogens with one attached hydrogen (secondary N) is 1. The average Bonchev–Trinajstić information content (AvgIpc) is 3.07. The molecule has 0 aliphatic carbocycles. The SMILES string of the molecule is COC(=O)Nc1nc2cc(C(=O)c3ccccc3)ccc2n1COC(=O)CN.Cl. The van der Waals surface area contributed by atoms with Crippen LogP contribution in [-0.4, -0.2) is 41.1 Å². The number of rotatable bonds is 6. The van der Waals surface area contributed by atoms with Crippen molar-refractivity contribution < 1.29 is 23.9 Å². The number of aromatic nitrogens is 2. The minimum Gasteiger partial charge on any atom is -0.453 e. The summed E-state index contributed by atoms with van der Waals surface area (Å²) in [6, 6.07) is 13.8. The molecule has 3 aromatic rings. The first-order valence-corrected chi connectivity index (χ1v) is 8.34. The van der Waals surface area contributed by atoms with Gasteiger partial charge in [-0.15, -0.1) is 12.4 Å². The van der Waals surface area contributed by atoms with Gasteiger partial charge in [-0.05, 0) is 18.2 Å². The fourth-order valence-electron chi connectivity index (χ4n) is 2.59. The van der Waals surface area contributed by atoms with Crippen LogP contribution < -0.4 is 11.1 Å². The number of nitrogens with zero attached hydrogens (tertiary/aromatic N) is 2. The lowest BCUT2D eigenvalue weighted by Crippen LogP contribution is -2.20. The number of fused-ring (bicyclic) bond motifs is 1. The number of hydrogen-bond acceptors (Lipinski definition) is 7. The molecule has 0 saturated carbocycles. The first kappa shape index (κ1) is 21.9. The minimum absolute atomic E-state index is 0. The van der Waals surface area contributed by atoms with Crippen LogP contribution in [0.3, 0.4) is 0 Å². The fraction of sp³-hybridized carbons (Fsp3) is 0.158. The third kappa shape index (κ3) is 4.89. The van der Waals surface area contributed by atoms with Crippen molar-refractivity contribution in [2.24, 2.45) is 5.73 Å². The van der Waals surface area contributed by atoms with Crippen LogP contribution in [0, 0.1) is 0 Å². The molecular formula is C19H19ClN4O5. The number of esters is 1. The van der Waals surface area contributed by atoms with Crippen LogP contribution in [0.2, 0.25) is 0 Å². The number of anilines is 1. The number of benzene rings is 2. The summed E-state index contributed by atoms with van der Waals surface area (Å²) in [6.45, 7) is -0.486. The van der Waals surface area contributed by atoms with E-state index in [4.69, 9.17) is 10.5 Å². The number of ether oxygens (including phenoxy) is 2. The molecule has 0 radical (unpaired) electrons. The van der Waals surface area contributed by atoms with Crippen LogP contribution in [0.15, 0.2) is 48.5 Å². The number of hydrogen-bond donors (Lipinski definition) is 2. The Morgan fingerprint density at radius 2 is 1.83 bits per heavy atom. The number of ketones is 1. The lowest BCUT2D eigenvalue weighted by Gasteiger charge is -2.10.